The van der Waals surface area contributed by atoms with Crippen LogP contribution < -0.4 is 4.74 Å². The molecule has 0 radical (unpaired) electrons. The topological polar surface area (TPSA) is 63.6 Å². The van der Waals surface area contributed by atoms with Crippen LogP contribution in [0.5, 0.6) is 11.5 Å². The summed E-state index contributed by atoms with van der Waals surface area (Å²) >= 11 is 2.97. The van der Waals surface area contributed by atoms with Crippen LogP contribution in [0.2, 0.25) is 0 Å². The highest BCUT2D eigenvalue weighted by Gasteiger charge is 2.21. The van der Waals surface area contributed by atoms with E-state index < -0.39 is 26.4 Å². The van der Waals surface area contributed by atoms with Crippen LogP contribution in [0.4, 0.5) is 4.39 Å². The predicted molar refractivity (Wildman–Crippen MR) is 60.8 cm³/mol. The van der Waals surface area contributed by atoms with Gasteiger partial charge in [0.05, 0.1) is 12.9 Å². The Morgan fingerprint density at radius 3 is 2.62 bits per heavy atom. The van der Waals surface area contributed by atoms with Crippen LogP contribution >= 0.6 is 26.6 Å². The Labute approximate surface area is 105 Å². The van der Waals surface area contributed by atoms with Gasteiger partial charge in [-0.2, -0.15) is 0 Å². The number of benzene rings is 1. The molecule has 1 aromatic carbocycles. The number of methoxy groups -OCH3 is 1. The molecule has 0 spiro atoms. The number of ether oxygens (including phenoxy) is 1. The van der Waals surface area contributed by atoms with Crippen LogP contribution in [0, 0.1) is 5.82 Å². The summed E-state index contributed by atoms with van der Waals surface area (Å²) in [5.74, 6) is -2.64. The van der Waals surface area contributed by atoms with E-state index in [1.54, 1.807) is 0 Å². The summed E-state index contributed by atoms with van der Waals surface area (Å²) in [6.45, 7) is 0. The van der Waals surface area contributed by atoms with Crippen molar-refractivity contribution < 1.29 is 22.7 Å². The fraction of sp³-hybridized carbons (Fsp3) is 0.250. The fourth-order valence-corrected chi connectivity index (χ4v) is 2.75. The van der Waals surface area contributed by atoms with Crippen molar-refractivity contribution in [2.45, 2.75) is 5.75 Å². The highest BCUT2D eigenvalue weighted by molar-refractivity contribution is 9.10. The van der Waals surface area contributed by atoms with Crippen LogP contribution in [-0.2, 0) is 14.8 Å². The summed E-state index contributed by atoms with van der Waals surface area (Å²) in [5, 5.41) is 9.34. The molecule has 0 aliphatic rings. The molecule has 90 valence electrons. The SMILES string of the molecule is COc1cc(Br)c(CS(=O)(=O)Cl)c(F)c1O. The van der Waals surface area contributed by atoms with E-state index in [4.69, 9.17) is 10.7 Å². The first kappa shape index (κ1) is 13.5. The summed E-state index contributed by atoms with van der Waals surface area (Å²) < 4.78 is 40.1. The van der Waals surface area contributed by atoms with Crippen molar-refractivity contribution in [2.24, 2.45) is 0 Å². The zero-order valence-corrected chi connectivity index (χ0v) is 11.2. The van der Waals surface area contributed by atoms with E-state index in [1.807, 2.05) is 0 Å². The van der Waals surface area contributed by atoms with Crippen molar-refractivity contribution in [3.05, 3.63) is 21.9 Å². The van der Waals surface area contributed by atoms with Gasteiger partial charge in [0.2, 0.25) is 9.05 Å². The minimum Gasteiger partial charge on any atom is -0.502 e. The van der Waals surface area contributed by atoms with Gasteiger partial charge in [0.25, 0.3) is 0 Å². The zero-order chi connectivity index (χ0) is 12.5. The molecule has 0 aliphatic heterocycles. The maximum atomic E-state index is 13.6. The fourth-order valence-electron chi connectivity index (χ4n) is 1.09. The lowest BCUT2D eigenvalue weighted by Crippen LogP contribution is -2.01. The number of rotatable bonds is 3. The van der Waals surface area contributed by atoms with Crippen LogP contribution in [0.25, 0.3) is 0 Å². The minimum atomic E-state index is -3.91. The average Bonchev–Trinajstić information content (AvgIpc) is 2.17. The Hall–Kier alpha value is -0.530. The van der Waals surface area contributed by atoms with Crippen molar-refractivity contribution in [1.29, 1.82) is 0 Å². The summed E-state index contributed by atoms with van der Waals surface area (Å²) in [7, 11) is 2.35. The lowest BCUT2D eigenvalue weighted by Gasteiger charge is -2.09. The van der Waals surface area contributed by atoms with Gasteiger partial charge in [-0.25, -0.2) is 12.8 Å². The molecule has 0 aliphatic carbocycles. The maximum Gasteiger partial charge on any atom is 0.236 e. The third-order valence-corrected chi connectivity index (χ3v) is 3.46. The number of phenols is 1. The predicted octanol–water partition coefficient (Wildman–Crippen LogP) is 2.37. The molecule has 0 heterocycles. The van der Waals surface area contributed by atoms with Crippen molar-refractivity contribution >= 4 is 35.7 Å². The second-order valence-corrected chi connectivity index (χ2v) is 6.52. The first-order valence-electron chi connectivity index (χ1n) is 3.92. The summed E-state index contributed by atoms with van der Waals surface area (Å²) in [4.78, 5) is 0. The molecule has 0 fully saturated rings. The molecule has 0 saturated heterocycles. The van der Waals surface area contributed by atoms with E-state index in [1.165, 1.54) is 13.2 Å². The minimum absolute atomic E-state index is 0.0971. The average molecular weight is 334 g/mol. The number of hydrogen-bond donors (Lipinski definition) is 1. The van der Waals surface area contributed by atoms with Gasteiger partial charge >= 0.3 is 0 Å². The van der Waals surface area contributed by atoms with Gasteiger partial charge in [-0.15, -0.1) is 0 Å². The van der Waals surface area contributed by atoms with Crippen LogP contribution in [-0.4, -0.2) is 20.6 Å². The van der Waals surface area contributed by atoms with Gasteiger partial charge in [0.1, 0.15) is 0 Å². The number of halogens is 3. The van der Waals surface area contributed by atoms with Crippen LogP contribution in [0.1, 0.15) is 5.56 Å². The molecular formula is C8H7BrClFO4S. The largest absolute Gasteiger partial charge is 0.502 e. The van der Waals surface area contributed by atoms with Gasteiger partial charge in [0, 0.05) is 20.7 Å². The van der Waals surface area contributed by atoms with E-state index in [0.717, 1.165) is 0 Å². The van der Waals surface area contributed by atoms with Crippen molar-refractivity contribution in [2.75, 3.05) is 7.11 Å². The Morgan fingerprint density at radius 2 is 2.19 bits per heavy atom. The number of hydrogen-bond acceptors (Lipinski definition) is 4. The molecule has 1 N–H and O–H groups in total. The molecule has 0 aromatic heterocycles. The molecule has 0 amide bonds. The van der Waals surface area contributed by atoms with Gasteiger partial charge in [-0.3, -0.25) is 0 Å². The molecule has 4 nitrogen and oxygen atoms in total. The molecule has 1 aromatic rings. The van der Waals surface area contributed by atoms with Crippen LogP contribution in [0.3, 0.4) is 0 Å². The molecule has 0 saturated carbocycles. The quantitative estimate of drug-likeness (QED) is 0.863. The lowest BCUT2D eigenvalue weighted by atomic mass is 10.2. The van der Waals surface area contributed by atoms with Crippen molar-refractivity contribution in [3.63, 3.8) is 0 Å². The third-order valence-electron chi connectivity index (χ3n) is 1.79. The molecule has 0 bridgehead atoms. The Balaban J connectivity index is 3.37. The number of aromatic hydroxyl groups is 1. The van der Waals surface area contributed by atoms with E-state index in [-0.39, 0.29) is 15.8 Å². The highest BCUT2D eigenvalue weighted by atomic mass is 79.9. The molecule has 8 heteroatoms. The smallest absolute Gasteiger partial charge is 0.236 e. The second-order valence-electron chi connectivity index (χ2n) is 2.88. The molecule has 0 atom stereocenters. The van der Waals surface area contributed by atoms with Crippen molar-refractivity contribution in [3.8, 4) is 11.5 Å². The zero-order valence-electron chi connectivity index (χ0n) is 8.00. The Morgan fingerprint density at radius 1 is 1.62 bits per heavy atom. The monoisotopic (exact) mass is 332 g/mol. The summed E-state index contributed by atoms with van der Waals surface area (Å²) in [6.07, 6.45) is 0. The van der Waals surface area contributed by atoms with Crippen molar-refractivity contribution in [1.82, 2.24) is 0 Å². The Bertz CT molecular complexity index is 517. The van der Waals surface area contributed by atoms with Gasteiger partial charge in [-0.05, 0) is 6.07 Å². The van der Waals surface area contributed by atoms with E-state index in [2.05, 4.69) is 20.7 Å². The molecule has 0 unspecified atom stereocenters. The van der Waals surface area contributed by atoms with E-state index in [0.29, 0.717) is 0 Å². The first-order chi connectivity index (χ1) is 7.26. The standard InChI is InChI=1S/C8H7BrClFO4S/c1-15-6-2-5(9)4(3-16(10,13)14)7(11)8(6)12/h2,12H,3H2,1H3. The van der Waals surface area contributed by atoms with Gasteiger partial charge < -0.3 is 9.84 Å². The van der Waals surface area contributed by atoms with Crippen LogP contribution in [0.15, 0.2) is 10.5 Å². The van der Waals surface area contributed by atoms with Gasteiger partial charge in [0.15, 0.2) is 17.3 Å². The summed E-state index contributed by atoms with van der Waals surface area (Å²) in [6, 6.07) is 1.26. The molecular weight excluding hydrogens is 327 g/mol. The normalized spacial score (nSPS) is 11.5. The van der Waals surface area contributed by atoms with E-state index >= 15 is 0 Å². The van der Waals surface area contributed by atoms with Gasteiger partial charge in [-0.1, -0.05) is 15.9 Å². The number of phenolic OH excluding ortho intramolecular Hbond substituents is 1. The third kappa shape index (κ3) is 2.99. The lowest BCUT2D eigenvalue weighted by molar-refractivity contribution is 0.355. The first-order valence-corrected chi connectivity index (χ1v) is 7.19. The second kappa shape index (κ2) is 4.77. The molecule has 1 rings (SSSR count). The highest BCUT2D eigenvalue weighted by Crippen LogP contribution is 2.37. The molecule has 16 heavy (non-hydrogen) atoms. The maximum absolute atomic E-state index is 13.6. The summed E-state index contributed by atoms with van der Waals surface area (Å²) in [5.41, 5.74) is -0.242. The Kier molecular flexibility index (Phi) is 4.03. The van der Waals surface area contributed by atoms with E-state index in [9.17, 15) is 17.9 Å².